The van der Waals surface area contributed by atoms with Crippen molar-refractivity contribution in [2.24, 2.45) is 16.9 Å². The fraction of sp³-hybridized carbons (Fsp3) is 0.478. The lowest BCUT2D eigenvalue weighted by Gasteiger charge is -2.39. The van der Waals surface area contributed by atoms with Crippen molar-refractivity contribution in [1.82, 2.24) is 20.2 Å². The Bertz CT molecular complexity index is 1160. The van der Waals surface area contributed by atoms with E-state index in [0.29, 0.717) is 23.7 Å². The molecule has 1 saturated heterocycles. The van der Waals surface area contributed by atoms with Gasteiger partial charge in [0, 0.05) is 30.9 Å². The van der Waals surface area contributed by atoms with Crippen LogP contribution in [0, 0.1) is 5.41 Å². The van der Waals surface area contributed by atoms with Gasteiger partial charge >= 0.3 is 0 Å². The molecule has 0 radical (unpaired) electrons. The molecule has 1 aromatic carbocycles. The van der Waals surface area contributed by atoms with E-state index in [9.17, 15) is 4.79 Å². The Kier molecular flexibility index (Phi) is 5.00. The molecule has 0 bridgehead atoms. The number of nitrogens with zero attached hydrogens (tertiary/aromatic N) is 5. The summed E-state index contributed by atoms with van der Waals surface area (Å²) in [6.45, 7) is 7.81. The minimum atomic E-state index is -0.412. The third-order valence-corrected chi connectivity index (χ3v) is 7.20. The summed E-state index contributed by atoms with van der Waals surface area (Å²) in [5, 5.41) is 7.65. The van der Waals surface area contributed by atoms with Crippen molar-refractivity contribution >= 4 is 34.4 Å². The van der Waals surface area contributed by atoms with Crippen LogP contribution in [0.5, 0.6) is 0 Å². The molecule has 0 saturated carbocycles. The molecule has 2 aromatic heterocycles. The summed E-state index contributed by atoms with van der Waals surface area (Å²) in [6, 6.07) is 5.63. The largest absolute Gasteiger partial charge is 0.366 e. The molecule has 1 unspecified atom stereocenters. The van der Waals surface area contributed by atoms with Gasteiger partial charge in [0.05, 0.1) is 6.20 Å². The molecule has 0 spiro atoms. The number of nitrogens with one attached hydrogen (secondary N) is 1. The molecule has 4 heterocycles. The molecule has 32 heavy (non-hydrogen) atoms. The van der Waals surface area contributed by atoms with E-state index in [4.69, 9.17) is 21.4 Å². The molecule has 2 aliphatic rings. The summed E-state index contributed by atoms with van der Waals surface area (Å²) < 4.78 is 0. The zero-order valence-corrected chi connectivity index (χ0v) is 18.6. The Balaban J connectivity index is 1.45. The zero-order valence-electron chi connectivity index (χ0n) is 18.6. The van der Waals surface area contributed by atoms with Crippen molar-refractivity contribution < 1.29 is 4.79 Å². The van der Waals surface area contributed by atoms with Gasteiger partial charge in [0.25, 0.3) is 0 Å². The number of nitrogens with two attached hydrogens (primary N) is 2. The van der Waals surface area contributed by atoms with Crippen LogP contribution in [0.4, 0.5) is 17.3 Å². The molecule has 5 N–H and O–H groups in total. The summed E-state index contributed by atoms with van der Waals surface area (Å²) in [5.74, 6) is 1.55. The Morgan fingerprint density at radius 1 is 1.28 bits per heavy atom. The number of H-pyrrole nitrogens is 1. The van der Waals surface area contributed by atoms with Crippen molar-refractivity contribution in [2.75, 3.05) is 36.0 Å². The van der Waals surface area contributed by atoms with Crippen molar-refractivity contribution in [3.05, 3.63) is 35.5 Å². The maximum absolute atomic E-state index is 11.7. The number of aromatic amines is 1. The summed E-state index contributed by atoms with van der Waals surface area (Å²) >= 11 is 0. The van der Waals surface area contributed by atoms with E-state index in [2.05, 4.69) is 33.8 Å². The van der Waals surface area contributed by atoms with Crippen LogP contribution in [-0.4, -0.2) is 52.3 Å². The Labute approximate surface area is 187 Å². The average Bonchev–Trinajstić information content (AvgIpc) is 3.23. The fourth-order valence-corrected chi connectivity index (χ4v) is 4.77. The molecule has 1 atom stereocenters. The number of benzene rings is 1. The maximum atomic E-state index is 11.7. The summed E-state index contributed by atoms with van der Waals surface area (Å²) in [7, 11) is 0. The highest BCUT2D eigenvalue weighted by Gasteiger charge is 2.30. The number of hydrogen-bond acceptors (Lipinski definition) is 7. The topological polar surface area (TPSA) is 130 Å². The highest BCUT2D eigenvalue weighted by atomic mass is 16.1. The first kappa shape index (κ1) is 20.7. The van der Waals surface area contributed by atoms with Gasteiger partial charge in [-0.15, -0.1) is 0 Å². The molecule has 3 aromatic rings. The average molecular weight is 435 g/mol. The molecule has 9 nitrogen and oxygen atoms in total. The van der Waals surface area contributed by atoms with Crippen LogP contribution in [0.2, 0.25) is 0 Å². The molecule has 0 aliphatic carbocycles. The van der Waals surface area contributed by atoms with Crippen molar-refractivity contribution in [3.8, 4) is 0 Å². The number of carbonyl (C=O) groups excluding carboxylic acids is 1. The third-order valence-electron chi connectivity index (χ3n) is 7.20. The van der Waals surface area contributed by atoms with Crippen LogP contribution < -0.4 is 21.3 Å². The van der Waals surface area contributed by atoms with Crippen LogP contribution in [0.25, 0.3) is 11.2 Å². The van der Waals surface area contributed by atoms with Gasteiger partial charge in [0.2, 0.25) is 5.91 Å². The maximum Gasteiger partial charge on any atom is 0.248 e. The summed E-state index contributed by atoms with van der Waals surface area (Å²) in [4.78, 5) is 25.7. The molecule has 2 aliphatic heterocycles. The Morgan fingerprint density at radius 2 is 2.06 bits per heavy atom. The first-order chi connectivity index (χ1) is 15.4. The predicted octanol–water partition coefficient (Wildman–Crippen LogP) is 2.66. The van der Waals surface area contributed by atoms with Gasteiger partial charge in [-0.05, 0) is 60.9 Å². The highest BCUT2D eigenvalue weighted by Crippen LogP contribution is 2.40. The molecule has 1 fully saturated rings. The SMILES string of the molecule is CC1CCN(c2n[nH]c3nc(N4CCC(C)(CN)CC4)cnc23)c2ccc(C(N)=O)cc21. The highest BCUT2D eigenvalue weighted by molar-refractivity contribution is 5.94. The van der Waals surface area contributed by atoms with Crippen LogP contribution in [0.1, 0.15) is 54.9 Å². The standard InChI is InChI=1S/C23H30N8O/c1-14-5-8-31(17-4-3-15(20(25)32)11-16(14)17)22-19-21(28-29-22)27-18(12-26-19)30-9-6-23(2,13-24)7-10-30/h3-4,11-12,14H,5-10,13,24H2,1-2H3,(H2,25,32)(H,27,28,29). The second-order valence-corrected chi connectivity index (χ2v) is 9.45. The number of rotatable bonds is 4. The number of hydrogen-bond donors (Lipinski definition) is 3. The molecule has 1 amide bonds. The van der Waals surface area contributed by atoms with E-state index in [1.54, 1.807) is 6.07 Å². The van der Waals surface area contributed by atoms with Gasteiger partial charge in [-0.2, -0.15) is 5.10 Å². The van der Waals surface area contributed by atoms with Gasteiger partial charge in [-0.25, -0.2) is 9.97 Å². The number of anilines is 3. The fourth-order valence-electron chi connectivity index (χ4n) is 4.77. The number of aromatic nitrogens is 4. The lowest BCUT2D eigenvalue weighted by molar-refractivity contribution is 0.1000. The first-order valence-corrected chi connectivity index (χ1v) is 11.3. The van der Waals surface area contributed by atoms with Crippen LogP contribution >= 0.6 is 0 Å². The summed E-state index contributed by atoms with van der Waals surface area (Å²) in [5.41, 5.74) is 15.7. The van der Waals surface area contributed by atoms with E-state index in [1.807, 2.05) is 18.3 Å². The zero-order chi connectivity index (χ0) is 22.5. The lowest BCUT2D eigenvalue weighted by atomic mass is 9.80. The van der Waals surface area contributed by atoms with Crippen LogP contribution in [0.15, 0.2) is 24.4 Å². The normalized spacial score (nSPS) is 20.4. The smallest absolute Gasteiger partial charge is 0.248 e. The quantitative estimate of drug-likeness (QED) is 0.575. The minimum absolute atomic E-state index is 0.211. The Morgan fingerprint density at radius 3 is 2.78 bits per heavy atom. The van der Waals surface area contributed by atoms with Gasteiger partial charge < -0.3 is 21.3 Å². The van der Waals surface area contributed by atoms with Crippen LogP contribution in [-0.2, 0) is 0 Å². The molecule has 168 valence electrons. The predicted molar refractivity (Wildman–Crippen MR) is 125 cm³/mol. The van der Waals surface area contributed by atoms with E-state index in [1.165, 1.54) is 0 Å². The molecular formula is C23H30N8O. The van der Waals surface area contributed by atoms with Crippen molar-refractivity contribution in [2.45, 2.75) is 39.0 Å². The number of primary amides is 1. The second kappa shape index (κ2) is 7.74. The Hall–Kier alpha value is -3.20. The van der Waals surface area contributed by atoms with Gasteiger partial charge in [0.15, 0.2) is 17.0 Å². The number of piperidine rings is 1. The lowest BCUT2D eigenvalue weighted by Crippen LogP contribution is -2.42. The van der Waals surface area contributed by atoms with Gasteiger partial charge in [-0.1, -0.05) is 13.8 Å². The second-order valence-electron chi connectivity index (χ2n) is 9.45. The van der Waals surface area contributed by atoms with Crippen molar-refractivity contribution in [1.29, 1.82) is 0 Å². The number of carbonyl (C=O) groups is 1. The third kappa shape index (κ3) is 3.46. The number of fused-ring (bicyclic) bond motifs is 2. The first-order valence-electron chi connectivity index (χ1n) is 11.3. The molecule has 5 rings (SSSR count). The van der Waals surface area contributed by atoms with E-state index in [0.717, 1.165) is 67.3 Å². The van der Waals surface area contributed by atoms with E-state index >= 15 is 0 Å². The summed E-state index contributed by atoms with van der Waals surface area (Å²) in [6.07, 6.45) is 4.89. The van der Waals surface area contributed by atoms with Crippen LogP contribution in [0.3, 0.4) is 0 Å². The molecule has 9 heteroatoms. The van der Waals surface area contributed by atoms with Gasteiger partial charge in [-0.3, -0.25) is 9.89 Å². The van der Waals surface area contributed by atoms with E-state index in [-0.39, 0.29) is 5.41 Å². The van der Waals surface area contributed by atoms with Crippen molar-refractivity contribution in [3.63, 3.8) is 0 Å². The minimum Gasteiger partial charge on any atom is -0.366 e. The number of amides is 1. The van der Waals surface area contributed by atoms with E-state index < -0.39 is 5.91 Å². The van der Waals surface area contributed by atoms with Gasteiger partial charge in [0.1, 0.15) is 5.82 Å². The molecular weight excluding hydrogens is 404 g/mol. The monoisotopic (exact) mass is 434 g/mol.